The highest BCUT2D eigenvalue weighted by atomic mass is 16.2. The molecular weight excluding hydrogens is 306 g/mol. The normalized spacial score (nSPS) is 10.0. The van der Waals surface area contributed by atoms with Crippen LogP contribution in [0.3, 0.4) is 0 Å². The number of aromatic nitrogens is 3. The van der Waals surface area contributed by atoms with E-state index in [0.29, 0.717) is 11.4 Å². The summed E-state index contributed by atoms with van der Waals surface area (Å²) in [5.41, 5.74) is 1.34. The molecule has 24 heavy (non-hydrogen) atoms. The van der Waals surface area contributed by atoms with Gasteiger partial charge in [-0.1, -0.05) is 12.1 Å². The molecule has 118 valence electrons. The van der Waals surface area contributed by atoms with Crippen molar-refractivity contribution in [3.05, 3.63) is 78.6 Å². The molecule has 0 atom stereocenters. The first kappa shape index (κ1) is 15.3. The molecule has 3 aromatic rings. The minimum atomic E-state index is -0.392. The van der Waals surface area contributed by atoms with Gasteiger partial charge in [0.2, 0.25) is 0 Å². The molecule has 0 spiro atoms. The van der Waals surface area contributed by atoms with Crippen molar-refractivity contribution in [2.45, 2.75) is 0 Å². The summed E-state index contributed by atoms with van der Waals surface area (Å²) in [7, 11) is 0. The summed E-state index contributed by atoms with van der Waals surface area (Å²) in [6.07, 6.45) is 6.03. The molecule has 0 aliphatic carbocycles. The van der Waals surface area contributed by atoms with Gasteiger partial charge in [-0.2, -0.15) is 0 Å². The van der Waals surface area contributed by atoms with Gasteiger partial charge in [0.1, 0.15) is 11.4 Å². The molecule has 2 amide bonds. The van der Waals surface area contributed by atoms with Crippen LogP contribution in [0.4, 0.5) is 11.4 Å². The molecule has 0 saturated carbocycles. The fourth-order valence-corrected chi connectivity index (χ4v) is 1.97. The highest BCUT2D eigenvalue weighted by molar-refractivity contribution is 6.08. The van der Waals surface area contributed by atoms with Gasteiger partial charge in [-0.15, -0.1) is 0 Å². The predicted molar refractivity (Wildman–Crippen MR) is 88.6 cm³/mol. The van der Waals surface area contributed by atoms with Gasteiger partial charge >= 0.3 is 0 Å². The van der Waals surface area contributed by atoms with Gasteiger partial charge in [-0.3, -0.25) is 24.5 Å². The van der Waals surface area contributed by atoms with Crippen LogP contribution in [0.2, 0.25) is 0 Å². The maximum atomic E-state index is 12.2. The summed E-state index contributed by atoms with van der Waals surface area (Å²) < 4.78 is 0. The smallest absolute Gasteiger partial charge is 0.274 e. The molecule has 0 unspecified atom stereocenters. The van der Waals surface area contributed by atoms with Crippen LogP contribution >= 0.6 is 0 Å². The second kappa shape index (κ2) is 7.10. The molecule has 0 aliphatic rings. The van der Waals surface area contributed by atoms with Crippen LogP contribution in [0.1, 0.15) is 21.0 Å². The molecule has 2 N–H and O–H groups in total. The van der Waals surface area contributed by atoms with Crippen LogP contribution in [-0.4, -0.2) is 26.8 Å². The van der Waals surface area contributed by atoms with E-state index in [1.807, 2.05) is 0 Å². The molecule has 0 bridgehead atoms. The van der Waals surface area contributed by atoms with E-state index in [9.17, 15) is 9.59 Å². The molecule has 7 nitrogen and oxygen atoms in total. The maximum Gasteiger partial charge on any atom is 0.274 e. The van der Waals surface area contributed by atoms with Crippen LogP contribution in [0.5, 0.6) is 0 Å². The third kappa shape index (κ3) is 3.58. The Morgan fingerprint density at radius 2 is 1.29 bits per heavy atom. The van der Waals surface area contributed by atoms with Gasteiger partial charge in [0, 0.05) is 18.6 Å². The molecule has 0 aliphatic heterocycles. The molecule has 0 saturated heterocycles. The molecule has 7 heteroatoms. The van der Waals surface area contributed by atoms with Crippen molar-refractivity contribution in [3.63, 3.8) is 0 Å². The standard InChI is InChI=1S/C17H13N5O2/c23-16(13-5-1-3-8-19-13)21-12-7-10-18-11-15(12)22-17(24)14-6-2-4-9-20-14/h1-11H,(H,22,24)(H,18,21,23). The monoisotopic (exact) mass is 319 g/mol. The summed E-state index contributed by atoms with van der Waals surface area (Å²) in [6.45, 7) is 0. The summed E-state index contributed by atoms with van der Waals surface area (Å²) in [4.78, 5) is 36.3. The van der Waals surface area contributed by atoms with Crippen molar-refractivity contribution in [3.8, 4) is 0 Å². The van der Waals surface area contributed by atoms with Crippen LogP contribution in [0.15, 0.2) is 67.3 Å². The minimum Gasteiger partial charge on any atom is -0.319 e. The first-order valence-corrected chi connectivity index (χ1v) is 7.13. The number of rotatable bonds is 4. The zero-order chi connectivity index (χ0) is 16.8. The van der Waals surface area contributed by atoms with E-state index in [4.69, 9.17) is 0 Å². The van der Waals surface area contributed by atoms with Gasteiger partial charge in [0.25, 0.3) is 11.8 Å². The number of anilines is 2. The third-order valence-electron chi connectivity index (χ3n) is 3.11. The lowest BCUT2D eigenvalue weighted by atomic mass is 10.2. The molecular formula is C17H13N5O2. The van der Waals surface area contributed by atoms with Gasteiger partial charge in [-0.05, 0) is 30.3 Å². The molecule has 3 aromatic heterocycles. The average molecular weight is 319 g/mol. The summed E-state index contributed by atoms with van der Waals surface area (Å²) in [5.74, 6) is -0.771. The van der Waals surface area contributed by atoms with E-state index >= 15 is 0 Å². The van der Waals surface area contributed by atoms with E-state index < -0.39 is 5.91 Å². The maximum absolute atomic E-state index is 12.2. The van der Waals surface area contributed by atoms with Crippen molar-refractivity contribution in [2.75, 3.05) is 10.6 Å². The third-order valence-corrected chi connectivity index (χ3v) is 3.11. The highest BCUT2D eigenvalue weighted by Crippen LogP contribution is 2.20. The molecule has 0 fully saturated rings. The Hall–Kier alpha value is -3.61. The van der Waals surface area contributed by atoms with Crippen molar-refractivity contribution < 1.29 is 9.59 Å². The van der Waals surface area contributed by atoms with Crippen molar-refractivity contribution in [1.82, 2.24) is 15.0 Å². The van der Waals surface area contributed by atoms with E-state index in [1.54, 1.807) is 42.5 Å². The van der Waals surface area contributed by atoms with Crippen molar-refractivity contribution in [1.29, 1.82) is 0 Å². The number of carbonyl (C=O) groups excluding carboxylic acids is 2. The number of hydrogen-bond acceptors (Lipinski definition) is 5. The quantitative estimate of drug-likeness (QED) is 0.769. The fourth-order valence-electron chi connectivity index (χ4n) is 1.97. The second-order valence-electron chi connectivity index (χ2n) is 4.76. The fraction of sp³-hybridized carbons (Fsp3) is 0. The van der Waals surface area contributed by atoms with Crippen LogP contribution in [0, 0.1) is 0 Å². The zero-order valence-electron chi connectivity index (χ0n) is 12.5. The van der Waals surface area contributed by atoms with Crippen LogP contribution in [-0.2, 0) is 0 Å². The van der Waals surface area contributed by atoms with Gasteiger partial charge < -0.3 is 10.6 Å². The largest absolute Gasteiger partial charge is 0.319 e. The lowest BCUT2D eigenvalue weighted by Crippen LogP contribution is -2.18. The first-order chi connectivity index (χ1) is 11.7. The highest BCUT2D eigenvalue weighted by Gasteiger charge is 2.13. The van der Waals surface area contributed by atoms with Gasteiger partial charge in [-0.25, -0.2) is 0 Å². The Bertz CT molecular complexity index is 781. The summed E-state index contributed by atoms with van der Waals surface area (Å²) >= 11 is 0. The van der Waals surface area contributed by atoms with Crippen LogP contribution < -0.4 is 10.6 Å². The van der Waals surface area contributed by atoms with E-state index in [-0.39, 0.29) is 17.3 Å². The average Bonchev–Trinajstić information content (AvgIpc) is 2.64. The minimum absolute atomic E-state index is 0.267. The predicted octanol–water partition coefficient (Wildman–Crippen LogP) is 2.38. The van der Waals surface area contributed by atoms with Crippen molar-refractivity contribution in [2.24, 2.45) is 0 Å². The Balaban J connectivity index is 1.78. The first-order valence-electron chi connectivity index (χ1n) is 7.13. The topological polar surface area (TPSA) is 96.9 Å². The Morgan fingerprint density at radius 1 is 0.708 bits per heavy atom. The lowest BCUT2D eigenvalue weighted by molar-refractivity contribution is 0.101. The van der Waals surface area contributed by atoms with Gasteiger partial charge in [0.05, 0.1) is 17.6 Å². The lowest BCUT2D eigenvalue weighted by Gasteiger charge is -2.11. The number of nitrogens with zero attached hydrogens (tertiary/aromatic N) is 3. The number of pyridine rings is 3. The summed E-state index contributed by atoms with van der Waals surface area (Å²) in [5, 5.41) is 5.39. The van der Waals surface area contributed by atoms with Crippen LogP contribution in [0.25, 0.3) is 0 Å². The molecule has 0 radical (unpaired) electrons. The number of nitrogens with one attached hydrogen (secondary N) is 2. The SMILES string of the molecule is O=C(Nc1ccncc1NC(=O)c1ccccn1)c1ccccn1. The van der Waals surface area contributed by atoms with Crippen molar-refractivity contribution >= 4 is 23.2 Å². The zero-order valence-corrected chi connectivity index (χ0v) is 12.5. The molecule has 3 rings (SSSR count). The van der Waals surface area contributed by atoms with Gasteiger partial charge in [0.15, 0.2) is 0 Å². The second-order valence-corrected chi connectivity index (χ2v) is 4.76. The Kier molecular flexibility index (Phi) is 4.52. The van der Waals surface area contributed by atoms with E-state index in [0.717, 1.165) is 0 Å². The molecule has 3 heterocycles. The Labute approximate surface area is 137 Å². The number of hydrogen-bond donors (Lipinski definition) is 2. The van der Waals surface area contributed by atoms with E-state index in [2.05, 4.69) is 25.6 Å². The number of amides is 2. The van der Waals surface area contributed by atoms with E-state index in [1.165, 1.54) is 24.8 Å². The number of carbonyl (C=O) groups is 2. The summed E-state index contributed by atoms with van der Waals surface area (Å²) in [6, 6.07) is 11.7. The Morgan fingerprint density at radius 3 is 1.83 bits per heavy atom. The molecule has 0 aromatic carbocycles.